The summed E-state index contributed by atoms with van der Waals surface area (Å²) in [6.07, 6.45) is 4.09. The molecule has 1 aliphatic heterocycles. The Kier molecular flexibility index (Phi) is 5.29. The Morgan fingerprint density at radius 2 is 2.04 bits per heavy atom. The van der Waals surface area contributed by atoms with Crippen molar-refractivity contribution in [2.45, 2.75) is 25.8 Å². The first-order valence-electron chi connectivity index (χ1n) is 9.38. The fraction of sp³-hybridized carbons (Fsp3) is 0.450. The quantitative estimate of drug-likeness (QED) is 0.890. The number of benzene rings is 1. The van der Waals surface area contributed by atoms with E-state index in [1.807, 2.05) is 6.20 Å². The van der Waals surface area contributed by atoms with Gasteiger partial charge in [0, 0.05) is 37.4 Å². The number of nitrogens with one attached hydrogen (secondary N) is 1. The van der Waals surface area contributed by atoms with E-state index in [2.05, 4.69) is 15.2 Å². The maximum atomic E-state index is 13.0. The summed E-state index contributed by atoms with van der Waals surface area (Å²) in [5, 5.41) is 2.96. The van der Waals surface area contributed by atoms with Gasteiger partial charge in [-0.25, -0.2) is 14.4 Å². The molecule has 2 aromatic rings. The molecule has 0 radical (unpaired) electrons. The molecule has 1 aliphatic carbocycles. The van der Waals surface area contributed by atoms with E-state index in [4.69, 9.17) is 9.72 Å². The molecule has 4 rings (SSSR count). The molecule has 1 N–H and O–H groups in total. The van der Waals surface area contributed by atoms with Crippen molar-refractivity contribution in [3.63, 3.8) is 0 Å². The van der Waals surface area contributed by atoms with E-state index in [0.717, 1.165) is 48.7 Å². The maximum Gasteiger partial charge on any atom is 0.225 e. The monoisotopic (exact) mass is 370 g/mol. The van der Waals surface area contributed by atoms with Crippen LogP contribution in [0.2, 0.25) is 0 Å². The highest BCUT2D eigenvalue weighted by Gasteiger charge is 2.26. The predicted octanol–water partition coefficient (Wildman–Crippen LogP) is 1.87. The van der Waals surface area contributed by atoms with E-state index in [1.165, 1.54) is 12.1 Å². The normalized spacial score (nSPS) is 19.4. The number of carbonyl (C=O) groups is 1. The highest BCUT2D eigenvalue weighted by molar-refractivity contribution is 5.79. The number of fused-ring (bicyclic) bond motifs is 1. The Balaban J connectivity index is 1.36. The molecule has 6 nitrogen and oxygen atoms in total. The van der Waals surface area contributed by atoms with Crippen LogP contribution in [0.15, 0.2) is 30.5 Å². The lowest BCUT2D eigenvalue weighted by Gasteiger charge is -2.28. The molecule has 0 bridgehead atoms. The van der Waals surface area contributed by atoms with Crippen molar-refractivity contribution >= 4 is 11.9 Å². The SMILES string of the molecule is O=C(NCc1ccc(F)cc1)[C@@H]1CCc2nc(N3CCOCC3)ncc2C1. The fourth-order valence-electron chi connectivity index (χ4n) is 3.57. The molecule has 2 heterocycles. The minimum absolute atomic E-state index is 0.0298. The molecule has 0 unspecified atom stereocenters. The Morgan fingerprint density at radius 3 is 2.81 bits per heavy atom. The van der Waals surface area contributed by atoms with E-state index in [1.54, 1.807) is 12.1 Å². The molecule has 27 heavy (non-hydrogen) atoms. The summed E-state index contributed by atoms with van der Waals surface area (Å²) >= 11 is 0. The van der Waals surface area contributed by atoms with Crippen LogP contribution in [0.1, 0.15) is 23.2 Å². The molecule has 1 fully saturated rings. The van der Waals surface area contributed by atoms with Gasteiger partial charge in [0.2, 0.25) is 11.9 Å². The minimum Gasteiger partial charge on any atom is -0.378 e. The average molecular weight is 370 g/mol. The largest absolute Gasteiger partial charge is 0.378 e. The number of nitrogens with zero attached hydrogens (tertiary/aromatic N) is 3. The molecular formula is C20H23FN4O2. The smallest absolute Gasteiger partial charge is 0.225 e. The van der Waals surface area contributed by atoms with Crippen LogP contribution in [-0.2, 0) is 28.9 Å². The number of morpholine rings is 1. The maximum absolute atomic E-state index is 13.0. The number of anilines is 1. The number of rotatable bonds is 4. The predicted molar refractivity (Wildman–Crippen MR) is 98.8 cm³/mol. The third-order valence-corrected chi connectivity index (χ3v) is 5.18. The summed E-state index contributed by atoms with van der Waals surface area (Å²) in [5.74, 6) is 0.444. The highest BCUT2D eigenvalue weighted by Crippen LogP contribution is 2.25. The Bertz CT molecular complexity index is 806. The van der Waals surface area contributed by atoms with Crippen LogP contribution in [0.4, 0.5) is 10.3 Å². The summed E-state index contributed by atoms with van der Waals surface area (Å²) in [7, 11) is 0. The molecule has 0 spiro atoms. The minimum atomic E-state index is -0.273. The summed E-state index contributed by atoms with van der Waals surface area (Å²) in [5.41, 5.74) is 2.99. The summed E-state index contributed by atoms with van der Waals surface area (Å²) < 4.78 is 18.3. The lowest BCUT2D eigenvalue weighted by molar-refractivity contribution is -0.125. The number of halogens is 1. The van der Waals surface area contributed by atoms with Gasteiger partial charge in [-0.3, -0.25) is 4.79 Å². The summed E-state index contributed by atoms with van der Waals surface area (Å²) in [6.45, 7) is 3.45. The zero-order valence-corrected chi connectivity index (χ0v) is 15.2. The van der Waals surface area contributed by atoms with E-state index in [0.29, 0.717) is 26.2 Å². The van der Waals surface area contributed by atoms with E-state index < -0.39 is 0 Å². The molecule has 1 saturated heterocycles. The van der Waals surface area contributed by atoms with Gasteiger partial charge in [0.15, 0.2) is 0 Å². The molecule has 7 heteroatoms. The average Bonchev–Trinajstić information content (AvgIpc) is 2.73. The van der Waals surface area contributed by atoms with Crippen molar-refractivity contribution in [3.05, 3.63) is 53.1 Å². The topological polar surface area (TPSA) is 67.4 Å². The molecule has 1 aromatic carbocycles. The van der Waals surface area contributed by atoms with Gasteiger partial charge in [-0.1, -0.05) is 12.1 Å². The number of carbonyl (C=O) groups excluding carboxylic acids is 1. The van der Waals surface area contributed by atoms with Crippen LogP contribution in [0, 0.1) is 11.7 Å². The van der Waals surface area contributed by atoms with Crippen LogP contribution in [0.3, 0.4) is 0 Å². The third-order valence-electron chi connectivity index (χ3n) is 5.18. The number of ether oxygens (including phenoxy) is 1. The van der Waals surface area contributed by atoms with Crippen molar-refractivity contribution in [2.24, 2.45) is 5.92 Å². The second-order valence-electron chi connectivity index (χ2n) is 7.03. The van der Waals surface area contributed by atoms with Crippen LogP contribution in [0.25, 0.3) is 0 Å². The molecular weight excluding hydrogens is 347 g/mol. The molecule has 1 atom stereocenters. The van der Waals surface area contributed by atoms with Crippen molar-refractivity contribution < 1.29 is 13.9 Å². The van der Waals surface area contributed by atoms with Crippen molar-refractivity contribution in [1.29, 1.82) is 0 Å². The third kappa shape index (κ3) is 4.24. The van der Waals surface area contributed by atoms with Crippen LogP contribution in [0.5, 0.6) is 0 Å². The van der Waals surface area contributed by atoms with E-state index in [9.17, 15) is 9.18 Å². The van der Waals surface area contributed by atoms with Gasteiger partial charge in [-0.15, -0.1) is 0 Å². The van der Waals surface area contributed by atoms with Crippen molar-refractivity contribution in [1.82, 2.24) is 15.3 Å². The van der Waals surface area contributed by atoms with Gasteiger partial charge in [-0.2, -0.15) is 0 Å². The second kappa shape index (κ2) is 8.00. The molecule has 1 aromatic heterocycles. The van der Waals surface area contributed by atoms with Crippen molar-refractivity contribution in [2.75, 3.05) is 31.2 Å². The lowest BCUT2D eigenvalue weighted by Crippen LogP contribution is -2.38. The lowest BCUT2D eigenvalue weighted by atomic mass is 9.86. The fourth-order valence-corrected chi connectivity index (χ4v) is 3.57. The Hall–Kier alpha value is -2.54. The molecule has 0 saturated carbocycles. The van der Waals surface area contributed by atoms with Crippen LogP contribution in [-0.4, -0.2) is 42.2 Å². The summed E-state index contributed by atoms with van der Waals surface area (Å²) in [6, 6.07) is 6.18. The van der Waals surface area contributed by atoms with Crippen LogP contribution >= 0.6 is 0 Å². The number of aryl methyl sites for hydroxylation is 1. The van der Waals surface area contributed by atoms with Gasteiger partial charge >= 0.3 is 0 Å². The Morgan fingerprint density at radius 1 is 1.26 bits per heavy atom. The van der Waals surface area contributed by atoms with Crippen molar-refractivity contribution in [3.8, 4) is 0 Å². The highest BCUT2D eigenvalue weighted by atomic mass is 19.1. The van der Waals surface area contributed by atoms with E-state index in [-0.39, 0.29) is 17.6 Å². The first kappa shape index (κ1) is 17.9. The molecule has 1 amide bonds. The molecule has 142 valence electrons. The standard InChI is InChI=1S/C20H23FN4O2/c21-17-4-1-14(2-5-17)12-22-19(26)15-3-6-18-16(11-15)13-23-20(24-18)25-7-9-27-10-8-25/h1-2,4-5,13,15H,3,6-12H2,(H,22,26)/t15-/m1/s1. The zero-order chi connectivity index (χ0) is 18.6. The first-order chi connectivity index (χ1) is 13.2. The van der Waals surface area contributed by atoms with Gasteiger partial charge in [-0.05, 0) is 42.5 Å². The van der Waals surface area contributed by atoms with E-state index >= 15 is 0 Å². The van der Waals surface area contributed by atoms with Gasteiger partial charge in [0.25, 0.3) is 0 Å². The summed E-state index contributed by atoms with van der Waals surface area (Å²) in [4.78, 5) is 23.9. The second-order valence-corrected chi connectivity index (χ2v) is 7.03. The van der Waals surface area contributed by atoms with Crippen LogP contribution < -0.4 is 10.2 Å². The molecule has 2 aliphatic rings. The van der Waals surface area contributed by atoms with Gasteiger partial charge < -0.3 is 15.0 Å². The number of hydrogen-bond donors (Lipinski definition) is 1. The first-order valence-corrected chi connectivity index (χ1v) is 9.38. The zero-order valence-electron chi connectivity index (χ0n) is 15.2. The number of aromatic nitrogens is 2. The number of amides is 1. The van der Waals surface area contributed by atoms with Gasteiger partial charge in [0.1, 0.15) is 5.82 Å². The number of hydrogen-bond acceptors (Lipinski definition) is 5. The Labute approximate surface area is 157 Å². The van der Waals surface area contributed by atoms with Gasteiger partial charge in [0.05, 0.1) is 13.2 Å².